The highest BCUT2D eigenvalue weighted by Crippen LogP contribution is 2.57. The molecule has 2 heterocycles. The third kappa shape index (κ3) is 6.27. The minimum atomic E-state index is -0.151. The van der Waals surface area contributed by atoms with Gasteiger partial charge in [-0.2, -0.15) is 0 Å². The zero-order valence-corrected chi connectivity index (χ0v) is 40.8. The Labute approximate surface area is 415 Å². The van der Waals surface area contributed by atoms with E-state index in [1.807, 2.05) is 0 Å². The van der Waals surface area contributed by atoms with E-state index in [1.165, 1.54) is 138 Å². The lowest BCUT2D eigenvalue weighted by atomic mass is 9.79. The number of fused-ring (bicyclic) bond motifs is 12. The van der Waals surface area contributed by atoms with E-state index in [2.05, 4.69) is 268 Å². The predicted octanol–water partition coefficient (Wildman–Crippen LogP) is 18.3. The Morgan fingerprint density at radius 1 is 0.310 bits per heavy atom. The third-order valence-electron chi connectivity index (χ3n) is 16.2. The molecule has 14 rings (SSSR count). The molecule has 0 unspecified atom stereocenters. The van der Waals surface area contributed by atoms with Crippen LogP contribution in [0.5, 0.6) is 0 Å². The first kappa shape index (κ1) is 41.5. The highest BCUT2D eigenvalue weighted by atomic mass is 15.0. The summed E-state index contributed by atoms with van der Waals surface area (Å²) in [6.45, 7) is 11.8. The number of hydrogen-bond acceptors (Lipinski definition) is 0. The smallest absolute Gasteiger partial charge is 0.0541 e. The van der Waals surface area contributed by atoms with Crippen molar-refractivity contribution in [3.63, 3.8) is 0 Å². The van der Waals surface area contributed by atoms with E-state index in [4.69, 9.17) is 0 Å². The largest absolute Gasteiger partial charge is 0.309 e. The van der Waals surface area contributed by atoms with E-state index in [1.54, 1.807) is 0 Å². The van der Waals surface area contributed by atoms with Crippen LogP contribution in [0.3, 0.4) is 0 Å². The van der Waals surface area contributed by atoms with Crippen LogP contribution in [0.15, 0.2) is 212 Å². The SMILES string of the molecule is Cc1ccc(-n2c3ccccc3c3cc(-c4ccc5c(c4)C(C)(C)c4cc6c(cc4-5)C(C)(C)c4cc(/C=C/c5ccc(-c7ccc8c(c7)c7ccccc7n8-c7ccccc7)cc5)ccc4-6)ccc32)cc1. The predicted molar refractivity (Wildman–Crippen MR) is 301 cm³/mol. The molecule has 2 aliphatic carbocycles. The van der Waals surface area contributed by atoms with Crippen molar-refractivity contribution in [2.24, 2.45) is 0 Å². The molecule has 2 aliphatic rings. The molecule has 2 nitrogen and oxygen atoms in total. The maximum atomic E-state index is 2.53. The number of rotatable bonds is 6. The van der Waals surface area contributed by atoms with Crippen molar-refractivity contribution in [2.75, 3.05) is 0 Å². The second-order valence-electron chi connectivity index (χ2n) is 21.1. The molecule has 71 heavy (non-hydrogen) atoms. The Hall–Kier alpha value is -8.46. The van der Waals surface area contributed by atoms with Crippen molar-refractivity contribution in [1.29, 1.82) is 0 Å². The summed E-state index contributed by atoms with van der Waals surface area (Å²) in [5, 5.41) is 5.09. The van der Waals surface area contributed by atoms with Gasteiger partial charge in [-0.15, -0.1) is 0 Å². The molecule has 0 N–H and O–H groups in total. The first-order valence-electron chi connectivity index (χ1n) is 25.1. The summed E-state index contributed by atoms with van der Waals surface area (Å²) in [5.41, 5.74) is 26.7. The lowest BCUT2D eigenvalue weighted by Gasteiger charge is -2.24. The Morgan fingerprint density at radius 2 is 0.732 bits per heavy atom. The number of para-hydroxylation sites is 3. The number of aromatic nitrogens is 2. The van der Waals surface area contributed by atoms with Crippen LogP contribution in [-0.4, -0.2) is 9.13 Å². The molecule has 0 atom stereocenters. The second kappa shape index (κ2) is 15.3. The summed E-state index contributed by atoms with van der Waals surface area (Å²) in [4.78, 5) is 0. The van der Waals surface area contributed by atoms with E-state index in [9.17, 15) is 0 Å². The maximum absolute atomic E-state index is 2.53. The maximum Gasteiger partial charge on any atom is 0.0541 e. The highest BCUT2D eigenvalue weighted by molar-refractivity contribution is 6.12. The van der Waals surface area contributed by atoms with Gasteiger partial charge in [0, 0.05) is 43.7 Å². The van der Waals surface area contributed by atoms with Crippen LogP contribution in [0, 0.1) is 6.92 Å². The zero-order valence-electron chi connectivity index (χ0n) is 40.8. The first-order valence-corrected chi connectivity index (χ1v) is 25.1. The monoisotopic (exact) mass is 908 g/mol. The normalized spacial score (nSPS) is 14.2. The number of aryl methyl sites for hydroxylation is 1. The van der Waals surface area contributed by atoms with E-state index in [-0.39, 0.29) is 10.8 Å². The van der Waals surface area contributed by atoms with Crippen LogP contribution in [0.1, 0.15) is 66.6 Å². The fourth-order valence-electron chi connectivity index (χ4n) is 12.4. The van der Waals surface area contributed by atoms with E-state index < -0.39 is 0 Å². The summed E-state index contributed by atoms with van der Waals surface area (Å²) < 4.78 is 4.78. The van der Waals surface area contributed by atoms with E-state index >= 15 is 0 Å². The second-order valence-corrected chi connectivity index (χ2v) is 21.1. The minimum Gasteiger partial charge on any atom is -0.309 e. The molecule has 338 valence electrons. The van der Waals surface area contributed by atoms with Gasteiger partial charge < -0.3 is 9.13 Å². The first-order chi connectivity index (χ1) is 34.6. The van der Waals surface area contributed by atoms with Crippen molar-refractivity contribution < 1.29 is 0 Å². The zero-order chi connectivity index (χ0) is 47.8. The summed E-state index contributed by atoms with van der Waals surface area (Å²) in [7, 11) is 0. The Morgan fingerprint density at radius 3 is 1.34 bits per heavy atom. The standard InChI is InChI=1S/C69H52N2/c1-43-19-31-51(32-20-43)71-65-18-12-10-16-55(65)59-39-48(30-36-67(59)71)49-28-34-53-57-42-62-56(41-63(57)69(4,5)61(53)40-49)52-33-25-45(37-60(52)68(62,2)3)22-21-44-23-26-46(27-24-44)47-29-35-66-58(38-47)54-15-9-11-17-64(54)70(66)50-13-7-6-8-14-50/h6-42H,1-5H3/b22-21+. The molecule has 10 aromatic carbocycles. The van der Waals surface area contributed by atoms with Crippen LogP contribution >= 0.6 is 0 Å². The number of benzene rings is 10. The van der Waals surface area contributed by atoms with Gasteiger partial charge in [0.25, 0.3) is 0 Å². The lowest BCUT2D eigenvalue weighted by Crippen LogP contribution is -2.17. The quantitative estimate of drug-likeness (QED) is 0.147. The molecule has 2 heteroatoms. The molecule has 0 aliphatic heterocycles. The van der Waals surface area contributed by atoms with Gasteiger partial charge >= 0.3 is 0 Å². The van der Waals surface area contributed by atoms with Crippen LogP contribution in [0.25, 0.3) is 112 Å². The molecule has 0 bridgehead atoms. The Kier molecular flexibility index (Phi) is 8.93. The molecule has 12 aromatic rings. The molecular formula is C69H52N2. The molecule has 2 aromatic heterocycles. The van der Waals surface area contributed by atoms with Gasteiger partial charge in [0.15, 0.2) is 0 Å². The molecular weight excluding hydrogens is 857 g/mol. The van der Waals surface area contributed by atoms with Gasteiger partial charge in [-0.1, -0.05) is 179 Å². The van der Waals surface area contributed by atoms with Crippen molar-refractivity contribution in [2.45, 2.75) is 45.4 Å². The van der Waals surface area contributed by atoms with Crippen molar-refractivity contribution in [3.8, 4) is 55.9 Å². The molecule has 0 saturated carbocycles. The molecule has 0 spiro atoms. The molecule has 0 fully saturated rings. The number of nitrogens with zero attached hydrogens (tertiary/aromatic N) is 2. The van der Waals surface area contributed by atoms with Gasteiger partial charge in [-0.25, -0.2) is 0 Å². The van der Waals surface area contributed by atoms with Crippen LogP contribution in [0.4, 0.5) is 0 Å². The Balaban J connectivity index is 0.745. The third-order valence-corrected chi connectivity index (χ3v) is 16.2. The van der Waals surface area contributed by atoms with Gasteiger partial charge in [0.05, 0.1) is 22.1 Å². The summed E-state index contributed by atoms with van der Waals surface area (Å²) in [5.74, 6) is 0. The average Bonchev–Trinajstić information content (AvgIpc) is 4.06. The van der Waals surface area contributed by atoms with E-state index in [0.29, 0.717) is 0 Å². The van der Waals surface area contributed by atoms with Gasteiger partial charge in [-0.3, -0.25) is 0 Å². The Bertz CT molecular complexity index is 4190. The topological polar surface area (TPSA) is 9.86 Å². The number of hydrogen-bond donors (Lipinski definition) is 0. The molecule has 0 saturated heterocycles. The highest BCUT2D eigenvalue weighted by Gasteiger charge is 2.42. The average molecular weight is 909 g/mol. The van der Waals surface area contributed by atoms with Crippen LogP contribution in [-0.2, 0) is 10.8 Å². The summed E-state index contributed by atoms with van der Waals surface area (Å²) in [6.07, 6.45) is 4.52. The van der Waals surface area contributed by atoms with Crippen molar-refractivity contribution >= 4 is 55.8 Å². The molecule has 0 radical (unpaired) electrons. The van der Waals surface area contributed by atoms with Crippen LogP contribution in [0.2, 0.25) is 0 Å². The van der Waals surface area contributed by atoms with Crippen molar-refractivity contribution in [3.05, 3.63) is 251 Å². The minimum absolute atomic E-state index is 0.139. The summed E-state index contributed by atoms with van der Waals surface area (Å²) >= 11 is 0. The van der Waals surface area contributed by atoms with Crippen LogP contribution < -0.4 is 0 Å². The van der Waals surface area contributed by atoms with Gasteiger partial charge in [-0.05, 0) is 164 Å². The van der Waals surface area contributed by atoms with Gasteiger partial charge in [0.2, 0.25) is 0 Å². The fourth-order valence-corrected chi connectivity index (χ4v) is 12.4. The fraction of sp³-hybridized carbons (Fsp3) is 0.101. The van der Waals surface area contributed by atoms with Crippen molar-refractivity contribution in [1.82, 2.24) is 9.13 Å². The molecule has 0 amide bonds. The lowest BCUT2D eigenvalue weighted by molar-refractivity contribution is 0.652. The van der Waals surface area contributed by atoms with E-state index in [0.717, 1.165) is 0 Å². The van der Waals surface area contributed by atoms with Gasteiger partial charge in [0.1, 0.15) is 0 Å². The summed E-state index contributed by atoms with van der Waals surface area (Å²) in [6, 6.07) is 79.3.